The van der Waals surface area contributed by atoms with Crippen LogP contribution >= 0.6 is 11.6 Å². The minimum Gasteiger partial charge on any atom is -0.341 e. The summed E-state index contributed by atoms with van der Waals surface area (Å²) in [6.07, 6.45) is -5.54. The van der Waals surface area contributed by atoms with Gasteiger partial charge in [0.1, 0.15) is 6.42 Å². The third kappa shape index (κ3) is 5.13. The molecule has 126 valence electrons. The lowest BCUT2D eigenvalue weighted by atomic mass is 10.2. The average Bonchev–Trinajstić information content (AvgIpc) is 2.70. The number of benzene rings is 1. The smallest absolute Gasteiger partial charge is 0.341 e. The molecule has 0 aromatic heterocycles. The Balaban J connectivity index is 1.98. The van der Waals surface area contributed by atoms with E-state index in [1.807, 2.05) is 0 Å². The Labute approximate surface area is 136 Å². The van der Waals surface area contributed by atoms with Crippen LogP contribution < -0.4 is 0 Å². The molecule has 0 aliphatic carbocycles. The van der Waals surface area contributed by atoms with Crippen molar-refractivity contribution < 1.29 is 22.8 Å². The third-order valence-corrected chi connectivity index (χ3v) is 3.79. The van der Waals surface area contributed by atoms with Crippen LogP contribution in [0.5, 0.6) is 0 Å². The fourth-order valence-electron chi connectivity index (χ4n) is 2.46. The Morgan fingerprint density at radius 2 is 1.74 bits per heavy atom. The summed E-state index contributed by atoms with van der Waals surface area (Å²) < 4.78 is 36.9. The van der Waals surface area contributed by atoms with Gasteiger partial charge in [0.25, 0.3) is 5.91 Å². The summed E-state index contributed by atoms with van der Waals surface area (Å²) in [6.45, 7) is 0.908. The number of hydrogen-bond donors (Lipinski definition) is 0. The highest BCUT2D eigenvalue weighted by Crippen LogP contribution is 2.21. The molecule has 0 unspecified atom stereocenters. The van der Waals surface area contributed by atoms with Gasteiger partial charge in [0.2, 0.25) is 5.91 Å². The van der Waals surface area contributed by atoms with Crippen LogP contribution in [0.15, 0.2) is 24.3 Å². The molecule has 1 heterocycles. The zero-order valence-corrected chi connectivity index (χ0v) is 13.0. The average molecular weight is 349 g/mol. The van der Waals surface area contributed by atoms with Crippen LogP contribution in [-0.4, -0.2) is 54.0 Å². The quantitative estimate of drug-likeness (QED) is 0.824. The first kappa shape index (κ1) is 17.6. The highest BCUT2D eigenvalue weighted by Gasteiger charge is 2.34. The van der Waals surface area contributed by atoms with Crippen molar-refractivity contribution in [3.8, 4) is 0 Å². The van der Waals surface area contributed by atoms with Crippen molar-refractivity contribution in [3.05, 3.63) is 34.9 Å². The second-order valence-electron chi connectivity index (χ2n) is 5.33. The lowest BCUT2D eigenvalue weighted by Gasteiger charge is -2.22. The molecule has 1 aliphatic rings. The fourth-order valence-corrected chi connectivity index (χ4v) is 2.65. The highest BCUT2D eigenvalue weighted by atomic mass is 35.5. The first-order valence-electron chi connectivity index (χ1n) is 7.15. The molecule has 8 heteroatoms. The second-order valence-corrected chi connectivity index (χ2v) is 5.77. The summed E-state index contributed by atoms with van der Waals surface area (Å²) >= 11 is 5.86. The standard InChI is InChI=1S/C15H16ClF3N2O2/c16-12-4-1-3-11(9-12)14(23)21-6-2-5-20(7-8-21)13(22)10-15(17,18)19/h1,3-4,9H,2,5-8,10H2. The predicted molar refractivity (Wildman–Crippen MR) is 79.2 cm³/mol. The molecule has 0 saturated carbocycles. The van der Waals surface area contributed by atoms with Gasteiger partial charge in [0.15, 0.2) is 0 Å². The van der Waals surface area contributed by atoms with Crippen molar-refractivity contribution in [1.29, 1.82) is 0 Å². The molecule has 4 nitrogen and oxygen atoms in total. The lowest BCUT2D eigenvalue weighted by Crippen LogP contribution is -2.38. The monoisotopic (exact) mass is 348 g/mol. The van der Waals surface area contributed by atoms with Gasteiger partial charge in [-0.1, -0.05) is 17.7 Å². The molecule has 1 aromatic rings. The van der Waals surface area contributed by atoms with Crippen molar-refractivity contribution in [2.24, 2.45) is 0 Å². The molecular weight excluding hydrogens is 333 g/mol. The fraction of sp³-hybridized carbons (Fsp3) is 0.467. The van der Waals surface area contributed by atoms with E-state index in [-0.39, 0.29) is 25.5 Å². The van der Waals surface area contributed by atoms with E-state index in [1.54, 1.807) is 24.3 Å². The minimum absolute atomic E-state index is 0.0984. The van der Waals surface area contributed by atoms with Gasteiger partial charge in [-0.25, -0.2) is 0 Å². The van der Waals surface area contributed by atoms with Gasteiger partial charge in [0.05, 0.1) is 0 Å². The van der Waals surface area contributed by atoms with Gasteiger partial charge in [-0.15, -0.1) is 0 Å². The maximum Gasteiger partial charge on any atom is 0.397 e. The first-order chi connectivity index (χ1) is 10.8. The summed E-state index contributed by atoms with van der Waals surface area (Å²) in [7, 11) is 0. The van der Waals surface area contributed by atoms with Gasteiger partial charge >= 0.3 is 6.18 Å². The van der Waals surface area contributed by atoms with E-state index < -0.39 is 18.5 Å². The van der Waals surface area contributed by atoms with Crippen LogP contribution in [-0.2, 0) is 4.79 Å². The molecule has 1 fully saturated rings. The van der Waals surface area contributed by atoms with E-state index in [1.165, 1.54) is 9.80 Å². The molecule has 1 saturated heterocycles. The van der Waals surface area contributed by atoms with Gasteiger partial charge in [-0.3, -0.25) is 9.59 Å². The van der Waals surface area contributed by atoms with Crippen molar-refractivity contribution in [2.45, 2.75) is 19.0 Å². The predicted octanol–water partition coefficient (Wildman–Crippen LogP) is 2.97. The summed E-state index contributed by atoms with van der Waals surface area (Å²) in [5, 5.41) is 0.438. The van der Waals surface area contributed by atoms with E-state index in [4.69, 9.17) is 11.6 Å². The Kier molecular flexibility index (Phi) is 5.51. The minimum atomic E-state index is -4.51. The molecule has 23 heavy (non-hydrogen) atoms. The van der Waals surface area contributed by atoms with Crippen LogP contribution in [0.3, 0.4) is 0 Å². The number of carbonyl (C=O) groups is 2. The topological polar surface area (TPSA) is 40.6 Å². The first-order valence-corrected chi connectivity index (χ1v) is 7.53. The van der Waals surface area contributed by atoms with Crippen LogP contribution in [0.2, 0.25) is 5.02 Å². The zero-order valence-electron chi connectivity index (χ0n) is 12.3. The molecule has 0 N–H and O–H groups in total. The molecular formula is C15H16ClF3N2O2. The van der Waals surface area contributed by atoms with Crippen LogP contribution in [0.1, 0.15) is 23.2 Å². The number of hydrogen-bond acceptors (Lipinski definition) is 2. The molecule has 1 aromatic carbocycles. The van der Waals surface area contributed by atoms with Crippen molar-refractivity contribution >= 4 is 23.4 Å². The molecule has 2 rings (SSSR count). The number of alkyl halides is 3. The molecule has 1 aliphatic heterocycles. The lowest BCUT2D eigenvalue weighted by molar-refractivity contribution is -0.161. The number of nitrogens with zero attached hydrogens (tertiary/aromatic N) is 2. The number of amides is 2. The SMILES string of the molecule is O=C(CC(F)(F)F)N1CCCN(C(=O)c2cccc(Cl)c2)CC1. The number of carbonyl (C=O) groups excluding carboxylic acids is 2. The van der Waals surface area contributed by atoms with E-state index >= 15 is 0 Å². The van der Waals surface area contributed by atoms with Gasteiger partial charge in [-0.2, -0.15) is 13.2 Å². The summed E-state index contributed by atoms with van der Waals surface area (Å²) in [5.74, 6) is -1.19. The molecule has 0 spiro atoms. The van der Waals surface area contributed by atoms with Crippen LogP contribution in [0.25, 0.3) is 0 Å². The third-order valence-electron chi connectivity index (χ3n) is 3.56. The maximum atomic E-state index is 12.4. The maximum absolute atomic E-state index is 12.4. The van der Waals surface area contributed by atoms with Crippen molar-refractivity contribution in [3.63, 3.8) is 0 Å². The van der Waals surface area contributed by atoms with Gasteiger partial charge < -0.3 is 9.80 Å². The van der Waals surface area contributed by atoms with E-state index in [0.29, 0.717) is 23.6 Å². The zero-order chi connectivity index (χ0) is 17.0. The second kappa shape index (κ2) is 7.21. The molecule has 0 radical (unpaired) electrons. The van der Waals surface area contributed by atoms with E-state index in [0.717, 1.165) is 0 Å². The number of halogens is 4. The van der Waals surface area contributed by atoms with E-state index in [9.17, 15) is 22.8 Å². The Bertz CT molecular complexity index is 592. The van der Waals surface area contributed by atoms with Gasteiger partial charge in [0, 0.05) is 36.8 Å². The molecule has 2 amide bonds. The molecule has 0 atom stereocenters. The van der Waals surface area contributed by atoms with Crippen molar-refractivity contribution in [1.82, 2.24) is 9.80 Å². The Morgan fingerprint density at radius 3 is 2.39 bits per heavy atom. The summed E-state index contributed by atoms with van der Waals surface area (Å²) in [4.78, 5) is 26.7. The Hall–Kier alpha value is -1.76. The summed E-state index contributed by atoms with van der Waals surface area (Å²) in [5.41, 5.74) is 0.424. The van der Waals surface area contributed by atoms with Crippen molar-refractivity contribution in [2.75, 3.05) is 26.2 Å². The van der Waals surface area contributed by atoms with Gasteiger partial charge in [-0.05, 0) is 24.6 Å². The van der Waals surface area contributed by atoms with Crippen LogP contribution in [0.4, 0.5) is 13.2 Å². The largest absolute Gasteiger partial charge is 0.397 e. The molecule has 0 bridgehead atoms. The highest BCUT2D eigenvalue weighted by molar-refractivity contribution is 6.30. The van der Waals surface area contributed by atoms with Crippen LogP contribution in [0, 0.1) is 0 Å². The van der Waals surface area contributed by atoms with E-state index in [2.05, 4.69) is 0 Å². The Morgan fingerprint density at radius 1 is 1.09 bits per heavy atom. The number of rotatable bonds is 2. The normalized spacial score (nSPS) is 16.2. The summed E-state index contributed by atoms with van der Waals surface area (Å²) in [6, 6.07) is 6.48.